The lowest BCUT2D eigenvalue weighted by Gasteiger charge is -2.64. The van der Waals surface area contributed by atoms with Crippen molar-refractivity contribution >= 4 is 0 Å². The Labute approximate surface area is 99.7 Å². The molecule has 0 radical (unpaired) electrons. The van der Waals surface area contributed by atoms with E-state index in [2.05, 4.69) is 37.6 Å². The van der Waals surface area contributed by atoms with Crippen LogP contribution in [0.2, 0.25) is 0 Å². The summed E-state index contributed by atoms with van der Waals surface area (Å²) in [6, 6.07) is 0. The molecule has 2 heterocycles. The summed E-state index contributed by atoms with van der Waals surface area (Å²) in [5.74, 6) is 0.590. The molecule has 1 unspecified atom stereocenters. The van der Waals surface area contributed by atoms with E-state index >= 15 is 0 Å². The minimum absolute atomic E-state index is 0.273. The van der Waals surface area contributed by atoms with Crippen molar-refractivity contribution in [2.75, 3.05) is 46.9 Å². The molecule has 0 bridgehead atoms. The molecule has 94 valence electrons. The van der Waals surface area contributed by atoms with Crippen molar-refractivity contribution in [3.63, 3.8) is 0 Å². The van der Waals surface area contributed by atoms with Gasteiger partial charge in [-0.05, 0) is 26.8 Å². The van der Waals surface area contributed by atoms with Crippen LogP contribution in [0.15, 0.2) is 0 Å². The number of nitrogens with zero attached hydrogens (tertiary/aromatic N) is 2. The van der Waals surface area contributed by atoms with E-state index in [-0.39, 0.29) is 5.54 Å². The molecule has 3 nitrogen and oxygen atoms in total. The third-order valence-corrected chi connectivity index (χ3v) is 4.70. The molecule has 0 amide bonds. The molecule has 0 aromatic heterocycles. The van der Waals surface area contributed by atoms with E-state index in [1.54, 1.807) is 7.11 Å². The second kappa shape index (κ2) is 3.97. The summed E-state index contributed by atoms with van der Waals surface area (Å²) < 4.78 is 5.28. The third kappa shape index (κ3) is 1.89. The van der Waals surface area contributed by atoms with Crippen molar-refractivity contribution in [2.45, 2.75) is 26.3 Å². The predicted octanol–water partition coefficient (Wildman–Crippen LogP) is 1.29. The van der Waals surface area contributed by atoms with Crippen LogP contribution in [0.5, 0.6) is 0 Å². The molecule has 2 saturated heterocycles. The monoisotopic (exact) mass is 226 g/mol. The standard InChI is InChI=1S/C13H26N2O/c1-11(6-16-5)12(2,3)15-9-13(10-15)7-14(4)8-13/h11H,6-10H2,1-5H3. The highest BCUT2D eigenvalue weighted by Gasteiger charge is 2.54. The second-order valence-electron chi connectivity index (χ2n) is 6.54. The van der Waals surface area contributed by atoms with Crippen LogP contribution < -0.4 is 0 Å². The Morgan fingerprint density at radius 3 is 2.25 bits per heavy atom. The van der Waals surface area contributed by atoms with Crippen LogP contribution >= 0.6 is 0 Å². The Morgan fingerprint density at radius 2 is 1.81 bits per heavy atom. The van der Waals surface area contributed by atoms with Crippen molar-refractivity contribution < 1.29 is 4.74 Å². The summed E-state index contributed by atoms with van der Waals surface area (Å²) in [6.07, 6.45) is 0. The fourth-order valence-electron chi connectivity index (χ4n) is 3.24. The Bertz CT molecular complexity index is 251. The highest BCUT2D eigenvalue weighted by molar-refractivity contribution is 5.08. The zero-order valence-electron chi connectivity index (χ0n) is 11.4. The Morgan fingerprint density at radius 1 is 1.25 bits per heavy atom. The molecule has 0 N–H and O–H groups in total. The molecule has 2 fully saturated rings. The van der Waals surface area contributed by atoms with Gasteiger partial charge in [-0.2, -0.15) is 0 Å². The molecule has 16 heavy (non-hydrogen) atoms. The number of ether oxygens (including phenoxy) is 1. The summed E-state index contributed by atoms with van der Waals surface area (Å²) in [5.41, 5.74) is 0.911. The molecule has 2 rings (SSSR count). The van der Waals surface area contributed by atoms with Gasteiger partial charge < -0.3 is 9.64 Å². The van der Waals surface area contributed by atoms with Crippen LogP contribution in [0.3, 0.4) is 0 Å². The lowest BCUT2D eigenvalue weighted by atomic mass is 9.69. The average molecular weight is 226 g/mol. The molecule has 3 heteroatoms. The summed E-state index contributed by atoms with van der Waals surface area (Å²) in [5, 5.41) is 0. The number of hydrogen-bond donors (Lipinski definition) is 0. The Balaban J connectivity index is 1.86. The SMILES string of the molecule is COCC(C)C(C)(C)N1CC2(CN(C)C2)C1. The van der Waals surface area contributed by atoms with Gasteiger partial charge in [-0.15, -0.1) is 0 Å². The lowest BCUT2D eigenvalue weighted by molar-refractivity contribution is -0.154. The highest BCUT2D eigenvalue weighted by Crippen LogP contribution is 2.43. The van der Waals surface area contributed by atoms with E-state index in [0.717, 1.165) is 6.61 Å². The molecular weight excluding hydrogens is 200 g/mol. The minimum Gasteiger partial charge on any atom is -0.384 e. The van der Waals surface area contributed by atoms with Crippen LogP contribution in [-0.4, -0.2) is 62.3 Å². The van der Waals surface area contributed by atoms with E-state index in [1.165, 1.54) is 26.2 Å². The number of hydrogen-bond acceptors (Lipinski definition) is 3. The normalized spacial score (nSPS) is 27.6. The van der Waals surface area contributed by atoms with Gasteiger partial charge in [0.15, 0.2) is 0 Å². The first-order valence-corrected chi connectivity index (χ1v) is 6.32. The van der Waals surface area contributed by atoms with Crippen molar-refractivity contribution in [1.82, 2.24) is 9.80 Å². The van der Waals surface area contributed by atoms with E-state index in [9.17, 15) is 0 Å². The van der Waals surface area contributed by atoms with Crippen LogP contribution in [0, 0.1) is 11.3 Å². The number of methoxy groups -OCH3 is 1. The minimum atomic E-state index is 0.273. The summed E-state index contributed by atoms with van der Waals surface area (Å²) in [4.78, 5) is 5.05. The summed E-state index contributed by atoms with van der Waals surface area (Å²) in [6.45, 7) is 13.0. The number of rotatable bonds is 4. The van der Waals surface area contributed by atoms with Crippen LogP contribution in [0.4, 0.5) is 0 Å². The van der Waals surface area contributed by atoms with Gasteiger partial charge in [0, 0.05) is 44.2 Å². The molecule has 0 aliphatic carbocycles. The zero-order chi connectivity index (χ0) is 12.0. The van der Waals surface area contributed by atoms with Crippen LogP contribution in [0.1, 0.15) is 20.8 Å². The lowest BCUT2D eigenvalue weighted by Crippen LogP contribution is -2.75. The highest BCUT2D eigenvalue weighted by atomic mass is 16.5. The zero-order valence-corrected chi connectivity index (χ0v) is 11.4. The third-order valence-electron chi connectivity index (χ3n) is 4.70. The fraction of sp³-hybridized carbons (Fsp3) is 1.00. The van der Waals surface area contributed by atoms with Gasteiger partial charge in [0.25, 0.3) is 0 Å². The molecule has 0 aromatic rings. The van der Waals surface area contributed by atoms with E-state index in [1.807, 2.05) is 0 Å². The van der Waals surface area contributed by atoms with Gasteiger partial charge in [0.1, 0.15) is 0 Å². The number of likely N-dealkylation sites (tertiary alicyclic amines) is 2. The van der Waals surface area contributed by atoms with Gasteiger partial charge in [0.05, 0.1) is 6.61 Å². The van der Waals surface area contributed by atoms with Gasteiger partial charge in [-0.1, -0.05) is 6.92 Å². The molecule has 2 aliphatic rings. The van der Waals surface area contributed by atoms with Crippen molar-refractivity contribution in [2.24, 2.45) is 11.3 Å². The molecule has 1 spiro atoms. The Hall–Kier alpha value is -0.120. The van der Waals surface area contributed by atoms with E-state index in [4.69, 9.17) is 4.74 Å². The van der Waals surface area contributed by atoms with Gasteiger partial charge >= 0.3 is 0 Å². The average Bonchev–Trinajstić information content (AvgIpc) is 2.08. The molecule has 0 aromatic carbocycles. The molecule has 1 atom stereocenters. The first-order valence-electron chi connectivity index (χ1n) is 6.32. The maximum atomic E-state index is 5.28. The first-order chi connectivity index (χ1) is 7.39. The van der Waals surface area contributed by atoms with Crippen LogP contribution in [0.25, 0.3) is 0 Å². The predicted molar refractivity (Wildman–Crippen MR) is 66.6 cm³/mol. The van der Waals surface area contributed by atoms with Crippen molar-refractivity contribution in [1.29, 1.82) is 0 Å². The fourth-order valence-corrected chi connectivity index (χ4v) is 3.24. The van der Waals surface area contributed by atoms with Crippen LogP contribution in [-0.2, 0) is 4.74 Å². The smallest absolute Gasteiger partial charge is 0.0505 e. The quantitative estimate of drug-likeness (QED) is 0.718. The topological polar surface area (TPSA) is 15.7 Å². The summed E-state index contributed by atoms with van der Waals surface area (Å²) >= 11 is 0. The van der Waals surface area contributed by atoms with E-state index in [0.29, 0.717) is 11.3 Å². The second-order valence-corrected chi connectivity index (χ2v) is 6.54. The van der Waals surface area contributed by atoms with Gasteiger partial charge in [0.2, 0.25) is 0 Å². The van der Waals surface area contributed by atoms with Crippen molar-refractivity contribution in [3.05, 3.63) is 0 Å². The molecule has 2 aliphatic heterocycles. The maximum absolute atomic E-state index is 5.28. The first kappa shape index (κ1) is 12.3. The van der Waals surface area contributed by atoms with Gasteiger partial charge in [-0.3, -0.25) is 4.90 Å². The molecular formula is C13H26N2O. The van der Waals surface area contributed by atoms with E-state index < -0.39 is 0 Å². The Kier molecular flexibility index (Phi) is 3.06. The maximum Gasteiger partial charge on any atom is 0.0505 e. The largest absolute Gasteiger partial charge is 0.384 e. The molecule has 0 saturated carbocycles. The van der Waals surface area contributed by atoms with Gasteiger partial charge in [-0.25, -0.2) is 0 Å². The van der Waals surface area contributed by atoms with Crippen molar-refractivity contribution in [3.8, 4) is 0 Å². The summed E-state index contributed by atoms with van der Waals surface area (Å²) in [7, 11) is 4.01.